The second-order valence-electron chi connectivity index (χ2n) is 5.86. The minimum Gasteiger partial charge on any atom is -0.447 e. The number of benzene rings is 2. The van der Waals surface area contributed by atoms with E-state index < -0.39 is 12.1 Å². The molecule has 0 bridgehead atoms. The van der Waals surface area contributed by atoms with E-state index in [9.17, 15) is 4.79 Å². The third-order valence-corrected chi connectivity index (χ3v) is 4.18. The maximum atomic E-state index is 12.6. The van der Waals surface area contributed by atoms with E-state index in [1.165, 1.54) is 6.20 Å². The van der Waals surface area contributed by atoms with Crippen LogP contribution in [-0.2, 0) is 4.74 Å². The van der Waals surface area contributed by atoms with Crippen LogP contribution in [0.5, 0.6) is 0 Å². The number of ether oxygens (including phenoxy) is 1. The maximum absolute atomic E-state index is 12.6. The standard InChI is InChI=1S/C22H16N2O2/c25-22(18-10-6-13-23-15-18)26-21(17-8-2-1-3-9-17)20-19-11-5-4-7-16(19)12-14-24-20/h1-15,21H. The fraction of sp³-hybridized carbons (Fsp3) is 0.0455. The Hall–Kier alpha value is -3.53. The van der Waals surface area contributed by atoms with Gasteiger partial charge < -0.3 is 4.74 Å². The summed E-state index contributed by atoms with van der Waals surface area (Å²) in [6.45, 7) is 0. The first-order chi connectivity index (χ1) is 12.8. The monoisotopic (exact) mass is 340 g/mol. The van der Waals surface area contributed by atoms with Crippen LogP contribution in [0, 0.1) is 0 Å². The molecule has 2 heterocycles. The van der Waals surface area contributed by atoms with Gasteiger partial charge in [0, 0.05) is 24.0 Å². The minimum atomic E-state index is -0.602. The Labute approximate surface area is 151 Å². The lowest BCUT2D eigenvalue weighted by Gasteiger charge is -2.19. The predicted octanol–water partition coefficient (Wildman–Crippen LogP) is 4.58. The molecule has 0 saturated carbocycles. The molecule has 4 aromatic rings. The largest absolute Gasteiger partial charge is 0.447 e. The Balaban J connectivity index is 1.80. The smallest absolute Gasteiger partial charge is 0.340 e. The predicted molar refractivity (Wildman–Crippen MR) is 99.7 cm³/mol. The number of hydrogen-bond acceptors (Lipinski definition) is 4. The van der Waals surface area contributed by atoms with E-state index in [0.29, 0.717) is 11.3 Å². The van der Waals surface area contributed by atoms with Crippen LogP contribution < -0.4 is 0 Å². The Bertz CT molecular complexity index is 1030. The van der Waals surface area contributed by atoms with E-state index in [4.69, 9.17) is 4.74 Å². The molecule has 4 rings (SSSR count). The lowest BCUT2D eigenvalue weighted by atomic mass is 10.0. The molecule has 1 unspecified atom stereocenters. The summed E-state index contributed by atoms with van der Waals surface area (Å²) < 4.78 is 5.88. The van der Waals surface area contributed by atoms with Gasteiger partial charge >= 0.3 is 5.97 Å². The fourth-order valence-corrected chi connectivity index (χ4v) is 2.92. The highest BCUT2D eigenvalue weighted by Crippen LogP contribution is 2.30. The zero-order chi connectivity index (χ0) is 17.8. The van der Waals surface area contributed by atoms with Crippen LogP contribution in [0.1, 0.15) is 27.7 Å². The van der Waals surface area contributed by atoms with E-state index in [1.54, 1.807) is 24.5 Å². The zero-order valence-corrected chi connectivity index (χ0v) is 13.9. The van der Waals surface area contributed by atoms with Gasteiger partial charge in [-0.1, -0.05) is 54.6 Å². The second-order valence-corrected chi connectivity index (χ2v) is 5.86. The summed E-state index contributed by atoms with van der Waals surface area (Å²) in [5, 5.41) is 2.01. The zero-order valence-electron chi connectivity index (χ0n) is 13.9. The molecule has 0 aliphatic rings. The Morgan fingerprint density at radius 1 is 0.846 bits per heavy atom. The molecule has 126 valence electrons. The lowest BCUT2D eigenvalue weighted by Crippen LogP contribution is -2.14. The van der Waals surface area contributed by atoms with Gasteiger partial charge in [0.1, 0.15) is 0 Å². The summed E-state index contributed by atoms with van der Waals surface area (Å²) >= 11 is 0. The van der Waals surface area contributed by atoms with Crippen molar-refractivity contribution in [3.63, 3.8) is 0 Å². The first-order valence-electron chi connectivity index (χ1n) is 8.32. The molecule has 26 heavy (non-hydrogen) atoms. The van der Waals surface area contributed by atoms with Crippen LogP contribution in [0.3, 0.4) is 0 Å². The van der Waals surface area contributed by atoms with Gasteiger partial charge in [0.25, 0.3) is 0 Å². The highest BCUT2D eigenvalue weighted by atomic mass is 16.5. The average Bonchev–Trinajstić information content (AvgIpc) is 2.73. The molecule has 1 atom stereocenters. The van der Waals surface area contributed by atoms with Crippen molar-refractivity contribution in [1.82, 2.24) is 9.97 Å². The molecule has 0 radical (unpaired) electrons. The van der Waals surface area contributed by atoms with Crippen LogP contribution in [0.4, 0.5) is 0 Å². The summed E-state index contributed by atoms with van der Waals surface area (Å²) in [4.78, 5) is 21.2. The summed E-state index contributed by atoms with van der Waals surface area (Å²) in [7, 11) is 0. The molecular formula is C22H16N2O2. The second kappa shape index (κ2) is 7.15. The summed E-state index contributed by atoms with van der Waals surface area (Å²) in [5.74, 6) is -0.429. The molecule has 0 aliphatic carbocycles. The Morgan fingerprint density at radius 3 is 2.46 bits per heavy atom. The van der Waals surface area contributed by atoms with Gasteiger partial charge in [0.15, 0.2) is 6.10 Å². The molecule has 0 N–H and O–H groups in total. The van der Waals surface area contributed by atoms with Crippen molar-refractivity contribution in [2.24, 2.45) is 0 Å². The average molecular weight is 340 g/mol. The molecule has 0 amide bonds. The van der Waals surface area contributed by atoms with Gasteiger partial charge in [0.2, 0.25) is 0 Å². The molecule has 4 heteroatoms. The number of pyridine rings is 2. The lowest BCUT2D eigenvalue weighted by molar-refractivity contribution is 0.0373. The molecule has 2 aromatic carbocycles. The Morgan fingerprint density at radius 2 is 1.65 bits per heavy atom. The van der Waals surface area contributed by atoms with Gasteiger partial charge in [-0.2, -0.15) is 0 Å². The van der Waals surface area contributed by atoms with Crippen molar-refractivity contribution in [2.45, 2.75) is 6.10 Å². The number of fused-ring (bicyclic) bond motifs is 1. The first kappa shape index (κ1) is 16.0. The highest BCUT2D eigenvalue weighted by Gasteiger charge is 2.23. The van der Waals surface area contributed by atoms with Gasteiger partial charge in [-0.15, -0.1) is 0 Å². The molecular weight excluding hydrogens is 324 g/mol. The van der Waals surface area contributed by atoms with Crippen LogP contribution in [-0.4, -0.2) is 15.9 Å². The molecule has 2 aromatic heterocycles. The van der Waals surface area contributed by atoms with Crippen LogP contribution in [0.25, 0.3) is 10.8 Å². The molecule has 0 spiro atoms. The number of hydrogen-bond donors (Lipinski definition) is 0. The topological polar surface area (TPSA) is 52.1 Å². The SMILES string of the molecule is O=C(OC(c1ccccc1)c1nccc2ccccc12)c1cccnc1. The Kier molecular flexibility index (Phi) is 4.39. The highest BCUT2D eigenvalue weighted by molar-refractivity contribution is 5.90. The fourth-order valence-electron chi connectivity index (χ4n) is 2.92. The number of esters is 1. The summed E-state index contributed by atoms with van der Waals surface area (Å²) in [6, 6.07) is 22.9. The number of rotatable bonds is 4. The van der Waals surface area contributed by atoms with E-state index in [1.807, 2.05) is 60.7 Å². The number of carbonyl (C=O) groups is 1. The van der Waals surface area contributed by atoms with Crippen molar-refractivity contribution in [3.05, 3.63) is 108 Å². The molecule has 0 fully saturated rings. The van der Waals surface area contributed by atoms with Crippen LogP contribution in [0.2, 0.25) is 0 Å². The van der Waals surface area contributed by atoms with Crippen molar-refractivity contribution in [2.75, 3.05) is 0 Å². The summed E-state index contributed by atoms with van der Waals surface area (Å²) in [6.07, 6.45) is 4.26. The molecule has 4 nitrogen and oxygen atoms in total. The van der Waals surface area contributed by atoms with Gasteiger partial charge in [-0.05, 0) is 29.1 Å². The van der Waals surface area contributed by atoms with Gasteiger partial charge in [-0.25, -0.2) is 4.79 Å². The number of carbonyl (C=O) groups excluding carboxylic acids is 1. The maximum Gasteiger partial charge on any atom is 0.340 e. The quantitative estimate of drug-likeness (QED) is 0.510. The van der Waals surface area contributed by atoms with E-state index in [0.717, 1.165) is 16.3 Å². The van der Waals surface area contributed by atoms with Crippen molar-refractivity contribution < 1.29 is 9.53 Å². The molecule has 0 saturated heterocycles. The van der Waals surface area contributed by atoms with Crippen LogP contribution >= 0.6 is 0 Å². The van der Waals surface area contributed by atoms with Gasteiger partial charge in [-0.3, -0.25) is 9.97 Å². The third-order valence-electron chi connectivity index (χ3n) is 4.18. The van der Waals surface area contributed by atoms with Crippen LogP contribution in [0.15, 0.2) is 91.4 Å². The van der Waals surface area contributed by atoms with Crippen molar-refractivity contribution >= 4 is 16.7 Å². The van der Waals surface area contributed by atoms with Crippen molar-refractivity contribution in [3.8, 4) is 0 Å². The van der Waals surface area contributed by atoms with E-state index >= 15 is 0 Å². The third kappa shape index (κ3) is 3.17. The summed E-state index contributed by atoms with van der Waals surface area (Å²) in [5.41, 5.74) is 1.99. The van der Waals surface area contributed by atoms with E-state index in [2.05, 4.69) is 9.97 Å². The molecule has 0 aliphatic heterocycles. The number of aromatic nitrogens is 2. The van der Waals surface area contributed by atoms with Crippen molar-refractivity contribution in [1.29, 1.82) is 0 Å². The first-order valence-corrected chi connectivity index (χ1v) is 8.32. The van der Waals surface area contributed by atoms with E-state index in [-0.39, 0.29) is 0 Å². The minimum absolute atomic E-state index is 0.411. The normalized spacial score (nSPS) is 11.8. The number of nitrogens with zero attached hydrogens (tertiary/aromatic N) is 2. The van der Waals surface area contributed by atoms with Gasteiger partial charge in [0.05, 0.1) is 11.3 Å².